The van der Waals surface area contributed by atoms with E-state index in [4.69, 9.17) is 0 Å². The molecule has 0 bridgehead atoms. The molecule has 134 valence electrons. The van der Waals surface area contributed by atoms with Crippen LogP contribution < -0.4 is 10.9 Å². The number of allylic oxidation sites excluding steroid dienone is 1. The second-order valence-corrected chi connectivity index (χ2v) is 8.32. The SMILES string of the molecule is C=CCn1c(SCC(=O)N[C@@H]2CCCC[C@@H]2C)nc2ccsc2c1=O. The minimum Gasteiger partial charge on any atom is -0.352 e. The van der Waals surface area contributed by atoms with Crippen molar-refractivity contribution >= 4 is 39.2 Å². The van der Waals surface area contributed by atoms with Gasteiger partial charge in [-0.2, -0.15) is 0 Å². The Hall–Kier alpha value is -1.60. The largest absolute Gasteiger partial charge is 0.352 e. The molecule has 0 saturated heterocycles. The molecule has 7 heteroatoms. The van der Waals surface area contributed by atoms with Crippen LogP contribution in [0.4, 0.5) is 0 Å². The van der Waals surface area contributed by atoms with Gasteiger partial charge in [-0.15, -0.1) is 17.9 Å². The maximum atomic E-state index is 12.6. The summed E-state index contributed by atoms with van der Waals surface area (Å²) in [6, 6.07) is 2.11. The Morgan fingerprint density at radius 2 is 2.32 bits per heavy atom. The molecule has 0 spiro atoms. The lowest BCUT2D eigenvalue weighted by molar-refractivity contribution is -0.119. The van der Waals surface area contributed by atoms with Gasteiger partial charge in [0.25, 0.3) is 5.56 Å². The summed E-state index contributed by atoms with van der Waals surface area (Å²) in [5.41, 5.74) is 0.628. The van der Waals surface area contributed by atoms with E-state index in [-0.39, 0.29) is 23.3 Å². The third kappa shape index (κ3) is 4.15. The average Bonchev–Trinajstić information content (AvgIpc) is 3.07. The van der Waals surface area contributed by atoms with Crippen molar-refractivity contribution in [3.05, 3.63) is 34.5 Å². The Balaban J connectivity index is 1.71. The van der Waals surface area contributed by atoms with E-state index < -0.39 is 0 Å². The highest BCUT2D eigenvalue weighted by molar-refractivity contribution is 7.99. The third-order valence-electron chi connectivity index (χ3n) is 4.63. The van der Waals surface area contributed by atoms with Crippen LogP contribution >= 0.6 is 23.1 Å². The van der Waals surface area contributed by atoms with E-state index >= 15 is 0 Å². The van der Waals surface area contributed by atoms with Crippen molar-refractivity contribution < 1.29 is 4.79 Å². The topological polar surface area (TPSA) is 64.0 Å². The van der Waals surface area contributed by atoms with Crippen molar-refractivity contribution in [1.82, 2.24) is 14.9 Å². The first-order valence-electron chi connectivity index (χ1n) is 8.61. The second-order valence-electron chi connectivity index (χ2n) is 6.46. The maximum Gasteiger partial charge on any atom is 0.272 e. The van der Waals surface area contributed by atoms with Gasteiger partial charge in [0.05, 0.1) is 11.3 Å². The molecule has 1 fully saturated rings. The minimum absolute atomic E-state index is 0.00793. The molecule has 25 heavy (non-hydrogen) atoms. The molecule has 1 saturated carbocycles. The summed E-state index contributed by atoms with van der Waals surface area (Å²) in [6.45, 7) is 6.31. The number of carbonyl (C=O) groups excluding carboxylic acids is 1. The highest BCUT2D eigenvalue weighted by Gasteiger charge is 2.23. The first-order chi connectivity index (χ1) is 12.1. The Labute approximate surface area is 155 Å². The number of nitrogens with one attached hydrogen (secondary N) is 1. The summed E-state index contributed by atoms with van der Waals surface area (Å²) in [5.74, 6) is 0.804. The average molecular weight is 378 g/mol. The Morgan fingerprint density at radius 3 is 3.08 bits per heavy atom. The van der Waals surface area contributed by atoms with Gasteiger partial charge < -0.3 is 5.32 Å². The minimum atomic E-state index is -0.0660. The zero-order valence-corrected chi connectivity index (χ0v) is 16.0. The van der Waals surface area contributed by atoms with Crippen LogP contribution in [0.1, 0.15) is 32.6 Å². The molecule has 1 aliphatic carbocycles. The molecule has 1 N–H and O–H groups in total. The summed E-state index contributed by atoms with van der Waals surface area (Å²) in [4.78, 5) is 29.5. The van der Waals surface area contributed by atoms with Crippen LogP contribution in [-0.2, 0) is 11.3 Å². The number of nitrogens with zero attached hydrogens (tertiary/aromatic N) is 2. The number of thioether (sulfide) groups is 1. The molecule has 0 radical (unpaired) electrons. The van der Waals surface area contributed by atoms with Crippen LogP contribution in [0.5, 0.6) is 0 Å². The van der Waals surface area contributed by atoms with Crippen molar-refractivity contribution in [2.24, 2.45) is 5.92 Å². The van der Waals surface area contributed by atoms with Crippen LogP contribution in [-0.4, -0.2) is 27.3 Å². The summed E-state index contributed by atoms with van der Waals surface area (Å²) in [5, 5.41) is 5.58. The van der Waals surface area contributed by atoms with Gasteiger partial charge in [0.2, 0.25) is 5.91 Å². The van der Waals surface area contributed by atoms with E-state index in [0.717, 1.165) is 6.42 Å². The molecular formula is C18H23N3O2S2. The third-order valence-corrected chi connectivity index (χ3v) is 6.50. The standard InChI is InChI=1S/C18H23N3O2S2/c1-3-9-21-17(23)16-14(8-10-24-16)20-18(21)25-11-15(22)19-13-7-5-4-6-12(13)2/h3,8,10,12-13H,1,4-7,9,11H2,2H3,(H,19,22)/t12-,13+/m0/s1. The van der Waals surface area contributed by atoms with Gasteiger partial charge in [0.15, 0.2) is 5.16 Å². The molecule has 2 heterocycles. The van der Waals surface area contributed by atoms with Gasteiger partial charge in [0.1, 0.15) is 4.70 Å². The zero-order chi connectivity index (χ0) is 17.8. The van der Waals surface area contributed by atoms with Gasteiger partial charge >= 0.3 is 0 Å². The number of hydrogen-bond donors (Lipinski definition) is 1. The van der Waals surface area contributed by atoms with Gasteiger partial charge in [-0.25, -0.2) is 4.98 Å². The Bertz CT molecular complexity index is 827. The molecule has 0 aromatic carbocycles. The van der Waals surface area contributed by atoms with E-state index in [9.17, 15) is 9.59 Å². The summed E-state index contributed by atoms with van der Waals surface area (Å²) in [6.07, 6.45) is 6.33. The first-order valence-corrected chi connectivity index (χ1v) is 10.5. The fraction of sp³-hybridized carbons (Fsp3) is 0.500. The van der Waals surface area contributed by atoms with Crippen molar-refractivity contribution in [3.8, 4) is 0 Å². The smallest absolute Gasteiger partial charge is 0.272 e. The first kappa shape index (κ1) is 18.2. The quantitative estimate of drug-likeness (QED) is 0.476. The normalized spacial score (nSPS) is 20.5. The number of carbonyl (C=O) groups is 1. The van der Waals surface area contributed by atoms with Crippen molar-refractivity contribution in [3.63, 3.8) is 0 Å². The molecule has 2 atom stereocenters. The lowest BCUT2D eigenvalue weighted by Gasteiger charge is -2.29. The number of amides is 1. The molecular weight excluding hydrogens is 354 g/mol. The lowest BCUT2D eigenvalue weighted by atomic mass is 9.86. The Morgan fingerprint density at radius 1 is 1.52 bits per heavy atom. The molecule has 2 aromatic rings. The van der Waals surface area contributed by atoms with Crippen LogP contribution in [0.2, 0.25) is 0 Å². The number of aromatic nitrogens is 2. The van der Waals surface area contributed by atoms with Crippen LogP contribution in [0.25, 0.3) is 10.2 Å². The molecule has 1 amide bonds. The predicted octanol–water partition coefficient (Wildman–Crippen LogP) is 3.43. The van der Waals surface area contributed by atoms with E-state index in [1.54, 1.807) is 10.6 Å². The van der Waals surface area contributed by atoms with Crippen molar-refractivity contribution in [1.29, 1.82) is 0 Å². The molecule has 1 aliphatic rings. The van der Waals surface area contributed by atoms with E-state index in [1.165, 1.54) is 42.4 Å². The maximum absolute atomic E-state index is 12.6. The second kappa shape index (κ2) is 8.19. The molecule has 0 unspecified atom stereocenters. The van der Waals surface area contributed by atoms with Crippen LogP contribution in [0, 0.1) is 5.92 Å². The summed E-state index contributed by atoms with van der Waals surface area (Å²) in [7, 11) is 0. The summed E-state index contributed by atoms with van der Waals surface area (Å²) >= 11 is 2.71. The highest BCUT2D eigenvalue weighted by atomic mass is 32.2. The lowest BCUT2D eigenvalue weighted by Crippen LogP contribution is -2.41. The molecule has 2 aromatic heterocycles. The molecule has 5 nitrogen and oxygen atoms in total. The summed E-state index contributed by atoms with van der Waals surface area (Å²) < 4.78 is 2.24. The zero-order valence-electron chi connectivity index (χ0n) is 14.4. The fourth-order valence-corrected chi connectivity index (χ4v) is 4.83. The van der Waals surface area contributed by atoms with Crippen LogP contribution in [0.15, 0.2) is 34.1 Å². The van der Waals surface area contributed by atoms with Gasteiger partial charge in [0, 0.05) is 12.6 Å². The number of rotatable bonds is 6. The fourth-order valence-electron chi connectivity index (χ4n) is 3.23. The van der Waals surface area contributed by atoms with Crippen LogP contribution in [0.3, 0.4) is 0 Å². The molecule has 0 aliphatic heterocycles. The van der Waals surface area contributed by atoms with E-state index in [1.807, 2.05) is 11.4 Å². The van der Waals surface area contributed by atoms with E-state index in [2.05, 4.69) is 23.8 Å². The Kier molecular flexibility index (Phi) is 5.96. The van der Waals surface area contributed by atoms with Gasteiger partial charge in [-0.1, -0.05) is 37.6 Å². The monoisotopic (exact) mass is 377 g/mol. The molecule has 3 rings (SSSR count). The highest BCUT2D eigenvalue weighted by Crippen LogP contribution is 2.24. The van der Waals surface area contributed by atoms with Crippen molar-refractivity contribution in [2.45, 2.75) is 50.4 Å². The number of thiophene rings is 1. The van der Waals surface area contributed by atoms with Gasteiger partial charge in [-0.3, -0.25) is 14.2 Å². The van der Waals surface area contributed by atoms with E-state index in [0.29, 0.717) is 27.8 Å². The number of hydrogen-bond acceptors (Lipinski definition) is 5. The number of fused-ring (bicyclic) bond motifs is 1. The predicted molar refractivity (Wildman–Crippen MR) is 104 cm³/mol. The van der Waals surface area contributed by atoms with Gasteiger partial charge in [-0.05, 0) is 30.2 Å². The van der Waals surface area contributed by atoms with Crippen molar-refractivity contribution in [2.75, 3.05) is 5.75 Å².